The van der Waals surface area contributed by atoms with Crippen LogP contribution in [0.15, 0.2) is 48.5 Å². The van der Waals surface area contributed by atoms with Crippen molar-refractivity contribution in [2.24, 2.45) is 0 Å². The van der Waals surface area contributed by atoms with Gasteiger partial charge in [-0.3, -0.25) is 0 Å². The second-order valence-electron chi connectivity index (χ2n) is 6.64. The third-order valence-electron chi connectivity index (χ3n) is 4.65. The van der Waals surface area contributed by atoms with Crippen molar-refractivity contribution >= 4 is 17.7 Å². The number of urea groups is 1. The number of esters is 1. The lowest BCUT2D eigenvalue weighted by Crippen LogP contribution is -2.43. The van der Waals surface area contributed by atoms with E-state index < -0.39 is 11.6 Å². The standard InChI is InChI=1S/C23H26N2O4/c1-4-23(28,5-2)16-24-22(27)25-20-11-7-9-18(15-20)13-12-17-8-6-10-19(14-17)21(26)29-3/h6-11,14-15,28H,4-5,16H2,1-3H3,(H2,24,25,27). The van der Waals surface area contributed by atoms with Crippen LogP contribution in [0.2, 0.25) is 0 Å². The second-order valence-corrected chi connectivity index (χ2v) is 6.64. The van der Waals surface area contributed by atoms with Crippen molar-refractivity contribution in [2.75, 3.05) is 19.0 Å². The molecule has 0 heterocycles. The maximum absolute atomic E-state index is 12.1. The first-order valence-electron chi connectivity index (χ1n) is 9.47. The fourth-order valence-electron chi connectivity index (χ4n) is 2.58. The van der Waals surface area contributed by atoms with Gasteiger partial charge in [-0.15, -0.1) is 0 Å². The van der Waals surface area contributed by atoms with Gasteiger partial charge in [0.2, 0.25) is 0 Å². The third-order valence-corrected chi connectivity index (χ3v) is 4.65. The molecule has 0 spiro atoms. The number of hydrogen-bond donors (Lipinski definition) is 3. The summed E-state index contributed by atoms with van der Waals surface area (Å²) in [5, 5.41) is 15.7. The molecule has 0 saturated heterocycles. The van der Waals surface area contributed by atoms with Crippen LogP contribution in [0.1, 0.15) is 48.2 Å². The van der Waals surface area contributed by atoms with E-state index in [0.29, 0.717) is 35.2 Å². The largest absolute Gasteiger partial charge is 0.465 e. The van der Waals surface area contributed by atoms with E-state index >= 15 is 0 Å². The van der Waals surface area contributed by atoms with Crippen LogP contribution in [0.3, 0.4) is 0 Å². The molecular weight excluding hydrogens is 368 g/mol. The van der Waals surface area contributed by atoms with E-state index in [1.807, 2.05) is 19.9 Å². The lowest BCUT2D eigenvalue weighted by atomic mass is 9.98. The molecule has 6 heteroatoms. The molecule has 2 rings (SSSR count). The lowest BCUT2D eigenvalue weighted by Gasteiger charge is -2.25. The number of ether oxygens (including phenoxy) is 1. The first-order valence-corrected chi connectivity index (χ1v) is 9.47. The maximum Gasteiger partial charge on any atom is 0.337 e. The molecule has 2 aromatic carbocycles. The van der Waals surface area contributed by atoms with Crippen LogP contribution in [-0.2, 0) is 4.74 Å². The van der Waals surface area contributed by atoms with Gasteiger partial charge in [0.15, 0.2) is 0 Å². The molecule has 0 atom stereocenters. The minimum Gasteiger partial charge on any atom is -0.465 e. The van der Waals surface area contributed by atoms with E-state index in [4.69, 9.17) is 4.74 Å². The van der Waals surface area contributed by atoms with Crippen LogP contribution in [0, 0.1) is 11.8 Å². The zero-order valence-corrected chi connectivity index (χ0v) is 16.9. The highest BCUT2D eigenvalue weighted by molar-refractivity contribution is 5.90. The highest BCUT2D eigenvalue weighted by atomic mass is 16.5. The van der Waals surface area contributed by atoms with Crippen molar-refractivity contribution in [2.45, 2.75) is 32.3 Å². The predicted octanol–water partition coefficient (Wildman–Crippen LogP) is 3.55. The van der Waals surface area contributed by atoms with E-state index in [1.165, 1.54) is 7.11 Å². The van der Waals surface area contributed by atoms with Crippen LogP contribution >= 0.6 is 0 Å². The lowest BCUT2D eigenvalue weighted by molar-refractivity contribution is 0.0354. The molecule has 0 aliphatic rings. The summed E-state index contributed by atoms with van der Waals surface area (Å²) in [6, 6.07) is 13.6. The summed E-state index contributed by atoms with van der Waals surface area (Å²) >= 11 is 0. The van der Waals surface area contributed by atoms with Gasteiger partial charge in [0.05, 0.1) is 18.3 Å². The van der Waals surface area contributed by atoms with Crippen LogP contribution in [-0.4, -0.2) is 36.4 Å². The van der Waals surface area contributed by atoms with Crippen LogP contribution in [0.5, 0.6) is 0 Å². The number of methoxy groups -OCH3 is 1. The maximum atomic E-state index is 12.1. The molecule has 0 aliphatic heterocycles. The van der Waals surface area contributed by atoms with Crippen LogP contribution in [0.25, 0.3) is 0 Å². The number of rotatable bonds is 6. The zero-order valence-electron chi connectivity index (χ0n) is 16.9. The molecular formula is C23H26N2O4. The quantitative estimate of drug-likeness (QED) is 0.517. The molecule has 0 aliphatic carbocycles. The SMILES string of the molecule is CCC(O)(CC)CNC(=O)Nc1cccc(C#Cc2cccc(C(=O)OC)c2)c1. The zero-order chi connectivity index (χ0) is 21.3. The highest BCUT2D eigenvalue weighted by Crippen LogP contribution is 2.14. The molecule has 0 fully saturated rings. The van der Waals surface area contributed by atoms with Crippen molar-refractivity contribution < 1.29 is 19.4 Å². The third kappa shape index (κ3) is 6.66. The number of carbonyl (C=O) groups excluding carboxylic acids is 2. The van der Waals surface area contributed by atoms with E-state index in [0.717, 1.165) is 0 Å². The van der Waals surface area contributed by atoms with E-state index in [2.05, 4.69) is 22.5 Å². The molecule has 0 radical (unpaired) electrons. The summed E-state index contributed by atoms with van der Waals surface area (Å²) in [5.74, 6) is 5.61. The fourth-order valence-corrected chi connectivity index (χ4v) is 2.58. The molecule has 2 amide bonds. The molecule has 0 aromatic heterocycles. The molecule has 0 unspecified atom stereocenters. The average Bonchev–Trinajstić information content (AvgIpc) is 2.76. The Balaban J connectivity index is 2.05. The summed E-state index contributed by atoms with van der Waals surface area (Å²) in [6.45, 7) is 3.94. The van der Waals surface area contributed by atoms with Gasteiger partial charge in [-0.1, -0.05) is 37.8 Å². The number of aliphatic hydroxyl groups is 1. The molecule has 152 valence electrons. The molecule has 3 N–H and O–H groups in total. The number of amides is 2. The normalized spacial score (nSPS) is 10.5. The predicted molar refractivity (Wildman–Crippen MR) is 113 cm³/mol. The number of carbonyl (C=O) groups is 2. The van der Waals surface area contributed by atoms with Crippen molar-refractivity contribution in [3.8, 4) is 11.8 Å². The van der Waals surface area contributed by atoms with Gasteiger partial charge in [-0.2, -0.15) is 0 Å². The molecule has 2 aromatic rings. The van der Waals surface area contributed by atoms with Gasteiger partial charge in [0.1, 0.15) is 0 Å². The van der Waals surface area contributed by atoms with Gasteiger partial charge < -0.3 is 20.5 Å². The number of benzene rings is 2. The Morgan fingerprint density at radius 3 is 2.28 bits per heavy atom. The highest BCUT2D eigenvalue weighted by Gasteiger charge is 2.22. The minimum atomic E-state index is -0.899. The van der Waals surface area contributed by atoms with E-state index in [-0.39, 0.29) is 12.6 Å². The first kappa shape index (κ1) is 22.0. The number of hydrogen-bond acceptors (Lipinski definition) is 4. The topological polar surface area (TPSA) is 87.7 Å². The van der Waals surface area contributed by atoms with Gasteiger partial charge in [0, 0.05) is 23.4 Å². The summed E-state index contributed by atoms with van der Waals surface area (Å²) in [7, 11) is 1.33. The molecule has 0 bridgehead atoms. The fraction of sp³-hybridized carbons (Fsp3) is 0.304. The molecule has 29 heavy (non-hydrogen) atoms. The van der Waals surface area contributed by atoms with Crippen molar-refractivity contribution in [1.82, 2.24) is 5.32 Å². The number of anilines is 1. The minimum absolute atomic E-state index is 0.182. The Hall–Kier alpha value is -3.30. The van der Waals surface area contributed by atoms with Gasteiger partial charge >= 0.3 is 12.0 Å². The van der Waals surface area contributed by atoms with Crippen molar-refractivity contribution in [3.05, 3.63) is 65.2 Å². The number of nitrogens with one attached hydrogen (secondary N) is 2. The van der Waals surface area contributed by atoms with Crippen LogP contribution in [0.4, 0.5) is 10.5 Å². The van der Waals surface area contributed by atoms with Gasteiger partial charge in [0.25, 0.3) is 0 Å². The Kier molecular flexibility index (Phi) is 7.81. The Morgan fingerprint density at radius 2 is 1.66 bits per heavy atom. The Labute approximate surface area is 171 Å². The smallest absolute Gasteiger partial charge is 0.337 e. The summed E-state index contributed by atoms with van der Waals surface area (Å²) < 4.78 is 4.71. The summed E-state index contributed by atoms with van der Waals surface area (Å²) in [6.07, 6.45) is 1.12. The second kappa shape index (κ2) is 10.3. The van der Waals surface area contributed by atoms with Crippen molar-refractivity contribution in [3.63, 3.8) is 0 Å². The first-order chi connectivity index (χ1) is 13.9. The summed E-state index contributed by atoms with van der Waals surface area (Å²) in [5.41, 5.74) is 1.52. The van der Waals surface area contributed by atoms with Crippen LogP contribution < -0.4 is 10.6 Å². The van der Waals surface area contributed by atoms with Crippen molar-refractivity contribution in [1.29, 1.82) is 0 Å². The van der Waals surface area contributed by atoms with E-state index in [1.54, 1.807) is 42.5 Å². The Morgan fingerprint density at radius 1 is 1.03 bits per heavy atom. The Bertz CT molecular complexity index is 924. The molecule has 0 saturated carbocycles. The monoisotopic (exact) mass is 394 g/mol. The van der Waals surface area contributed by atoms with E-state index in [9.17, 15) is 14.7 Å². The van der Waals surface area contributed by atoms with Gasteiger partial charge in [-0.25, -0.2) is 9.59 Å². The average molecular weight is 394 g/mol. The summed E-state index contributed by atoms with van der Waals surface area (Å²) in [4.78, 5) is 23.7. The van der Waals surface area contributed by atoms with Gasteiger partial charge in [-0.05, 0) is 49.2 Å². The molecule has 6 nitrogen and oxygen atoms in total.